The predicted octanol–water partition coefficient (Wildman–Crippen LogP) is 3.47. The maximum Gasteiger partial charge on any atom is 0.119 e. The lowest BCUT2D eigenvalue weighted by atomic mass is 10.1. The van der Waals surface area contributed by atoms with Gasteiger partial charge in [-0.3, -0.25) is 0 Å². The summed E-state index contributed by atoms with van der Waals surface area (Å²) in [6.45, 7) is 3.64. The Labute approximate surface area is 113 Å². The highest BCUT2D eigenvalue weighted by atomic mass is 16.3. The van der Waals surface area contributed by atoms with Gasteiger partial charge in [0, 0.05) is 6.42 Å². The third kappa shape index (κ3) is 24.7. The van der Waals surface area contributed by atoms with Crippen molar-refractivity contribution in [3.05, 3.63) is 0 Å². The molecule has 0 saturated heterocycles. The van der Waals surface area contributed by atoms with E-state index in [4.69, 9.17) is 10.2 Å². The molecule has 0 saturated carbocycles. The molecule has 18 heavy (non-hydrogen) atoms. The molecule has 0 aromatic heterocycles. The van der Waals surface area contributed by atoms with E-state index in [1.807, 2.05) is 0 Å². The molecule has 0 aromatic rings. The quantitative estimate of drug-likeness (QED) is 0.442. The van der Waals surface area contributed by atoms with Crippen LogP contribution in [0.25, 0.3) is 0 Å². The Hall–Kier alpha value is -0.410. The first-order chi connectivity index (χ1) is 8.68. The van der Waals surface area contributed by atoms with E-state index >= 15 is 0 Å². The van der Waals surface area contributed by atoms with Crippen molar-refractivity contribution >= 4 is 6.29 Å². The molecule has 3 heteroatoms. The molecule has 1 unspecified atom stereocenters. The second-order valence-corrected chi connectivity index (χ2v) is 4.82. The van der Waals surface area contributed by atoms with E-state index in [2.05, 4.69) is 6.92 Å². The molecule has 0 bridgehead atoms. The van der Waals surface area contributed by atoms with E-state index in [-0.39, 0.29) is 6.61 Å². The van der Waals surface area contributed by atoms with Crippen molar-refractivity contribution < 1.29 is 15.0 Å². The molecular weight excluding hydrogens is 228 g/mol. The largest absolute Gasteiger partial charge is 0.394 e. The number of aldehydes is 1. The normalized spacial score (nSPS) is 11.6. The van der Waals surface area contributed by atoms with Crippen molar-refractivity contribution in [2.45, 2.75) is 84.2 Å². The molecule has 0 radical (unpaired) electrons. The van der Waals surface area contributed by atoms with Gasteiger partial charge in [0.1, 0.15) is 6.29 Å². The highest BCUT2D eigenvalue weighted by molar-refractivity contribution is 5.48. The molecule has 1 atom stereocenters. The summed E-state index contributed by atoms with van der Waals surface area (Å²) in [6, 6.07) is 0. The van der Waals surface area contributed by atoms with Crippen molar-refractivity contribution in [2.24, 2.45) is 0 Å². The van der Waals surface area contributed by atoms with Gasteiger partial charge in [0.15, 0.2) is 0 Å². The molecule has 0 amide bonds. The number of rotatable bonds is 11. The lowest BCUT2D eigenvalue weighted by Gasteiger charge is -1.99. The number of hydrogen-bond acceptors (Lipinski definition) is 3. The van der Waals surface area contributed by atoms with Gasteiger partial charge in [-0.05, 0) is 13.3 Å². The van der Waals surface area contributed by atoms with Gasteiger partial charge < -0.3 is 15.0 Å². The fourth-order valence-corrected chi connectivity index (χ4v) is 1.54. The summed E-state index contributed by atoms with van der Waals surface area (Å²) in [7, 11) is 0. The van der Waals surface area contributed by atoms with Crippen molar-refractivity contribution in [1.82, 2.24) is 0 Å². The fraction of sp³-hybridized carbons (Fsp3) is 0.933. The average molecular weight is 260 g/mol. The van der Waals surface area contributed by atoms with E-state index in [1.165, 1.54) is 58.3 Å². The molecule has 0 heterocycles. The minimum atomic E-state index is -0.560. The molecule has 0 aliphatic heterocycles. The number of carbonyl (C=O) groups excluding carboxylic acids is 1. The third-order valence-corrected chi connectivity index (χ3v) is 2.69. The summed E-state index contributed by atoms with van der Waals surface area (Å²) in [4.78, 5) is 10.0. The van der Waals surface area contributed by atoms with Gasteiger partial charge >= 0.3 is 0 Å². The van der Waals surface area contributed by atoms with Crippen LogP contribution in [0.3, 0.4) is 0 Å². The van der Waals surface area contributed by atoms with Crippen molar-refractivity contribution in [1.29, 1.82) is 0 Å². The van der Waals surface area contributed by atoms with Crippen LogP contribution in [0.4, 0.5) is 0 Å². The Balaban J connectivity index is 0. The average Bonchev–Trinajstić information content (AvgIpc) is 2.37. The lowest BCUT2D eigenvalue weighted by Crippen LogP contribution is -2.03. The van der Waals surface area contributed by atoms with Crippen LogP contribution in [0.2, 0.25) is 0 Å². The summed E-state index contributed by atoms with van der Waals surface area (Å²) in [6.07, 6.45) is 13.2. The first-order valence-corrected chi connectivity index (χ1v) is 7.41. The van der Waals surface area contributed by atoms with Gasteiger partial charge in [0.2, 0.25) is 0 Å². The molecule has 0 rings (SSSR count). The van der Waals surface area contributed by atoms with Crippen LogP contribution in [-0.2, 0) is 4.79 Å². The standard InChI is InChI=1S/C12H24O.C3H8O2/c1-2-3-4-5-6-7-8-9-10-11-12-13;1-3(5)2-4/h12H,2-11H2,1H3;3-5H,2H2,1H3. The van der Waals surface area contributed by atoms with Crippen molar-refractivity contribution in [2.75, 3.05) is 6.61 Å². The van der Waals surface area contributed by atoms with Gasteiger partial charge in [-0.1, -0.05) is 58.3 Å². The summed E-state index contributed by atoms with van der Waals surface area (Å²) < 4.78 is 0. The summed E-state index contributed by atoms with van der Waals surface area (Å²) in [5, 5.41) is 16.0. The van der Waals surface area contributed by atoms with Gasteiger partial charge in [0.05, 0.1) is 12.7 Å². The number of unbranched alkanes of at least 4 members (excludes halogenated alkanes) is 9. The van der Waals surface area contributed by atoms with Crippen LogP contribution in [0, 0.1) is 0 Å². The first-order valence-electron chi connectivity index (χ1n) is 7.41. The Morgan fingerprint density at radius 1 is 0.944 bits per heavy atom. The fourth-order valence-electron chi connectivity index (χ4n) is 1.54. The van der Waals surface area contributed by atoms with Gasteiger partial charge in [-0.15, -0.1) is 0 Å². The second-order valence-electron chi connectivity index (χ2n) is 4.82. The minimum Gasteiger partial charge on any atom is -0.394 e. The molecule has 0 spiro atoms. The summed E-state index contributed by atoms with van der Waals surface area (Å²) >= 11 is 0. The summed E-state index contributed by atoms with van der Waals surface area (Å²) in [5.74, 6) is 0. The van der Waals surface area contributed by atoms with Crippen LogP contribution in [0.5, 0.6) is 0 Å². The Kier molecular flexibility index (Phi) is 21.0. The summed E-state index contributed by atoms with van der Waals surface area (Å²) in [5.41, 5.74) is 0. The maximum absolute atomic E-state index is 10.0. The zero-order chi connectivity index (χ0) is 14.1. The monoisotopic (exact) mass is 260 g/mol. The smallest absolute Gasteiger partial charge is 0.119 e. The zero-order valence-corrected chi connectivity index (χ0v) is 12.2. The predicted molar refractivity (Wildman–Crippen MR) is 76.7 cm³/mol. The topological polar surface area (TPSA) is 57.5 Å². The van der Waals surface area contributed by atoms with Gasteiger partial charge in [-0.25, -0.2) is 0 Å². The van der Waals surface area contributed by atoms with E-state index in [0.717, 1.165) is 19.1 Å². The molecular formula is C15H32O3. The highest BCUT2D eigenvalue weighted by Crippen LogP contribution is 2.09. The number of aliphatic hydroxyl groups is 2. The Morgan fingerprint density at radius 3 is 1.67 bits per heavy atom. The highest BCUT2D eigenvalue weighted by Gasteiger charge is 1.91. The Morgan fingerprint density at radius 2 is 1.33 bits per heavy atom. The SMILES string of the molecule is CC(O)CO.CCCCCCCCCCCC=O. The molecule has 2 N–H and O–H groups in total. The van der Waals surface area contributed by atoms with Crippen molar-refractivity contribution in [3.8, 4) is 0 Å². The van der Waals surface area contributed by atoms with Crippen molar-refractivity contribution in [3.63, 3.8) is 0 Å². The molecule has 0 aromatic carbocycles. The van der Waals surface area contributed by atoms with E-state index in [9.17, 15) is 4.79 Å². The molecule has 0 aliphatic carbocycles. The number of aliphatic hydroxyl groups excluding tert-OH is 2. The van der Waals surface area contributed by atoms with E-state index < -0.39 is 6.10 Å². The second kappa shape index (κ2) is 18.9. The molecule has 0 aliphatic rings. The number of carbonyl (C=O) groups is 1. The van der Waals surface area contributed by atoms with Gasteiger partial charge in [0.25, 0.3) is 0 Å². The zero-order valence-electron chi connectivity index (χ0n) is 12.2. The van der Waals surface area contributed by atoms with E-state index in [1.54, 1.807) is 0 Å². The lowest BCUT2D eigenvalue weighted by molar-refractivity contribution is -0.107. The molecule has 110 valence electrons. The van der Waals surface area contributed by atoms with Crippen LogP contribution in [0.15, 0.2) is 0 Å². The molecule has 3 nitrogen and oxygen atoms in total. The van der Waals surface area contributed by atoms with Crippen LogP contribution < -0.4 is 0 Å². The maximum atomic E-state index is 10.0. The van der Waals surface area contributed by atoms with Gasteiger partial charge in [-0.2, -0.15) is 0 Å². The van der Waals surface area contributed by atoms with Crippen LogP contribution >= 0.6 is 0 Å². The first kappa shape index (κ1) is 19.9. The number of hydrogen-bond donors (Lipinski definition) is 2. The van der Waals surface area contributed by atoms with Crippen LogP contribution in [0.1, 0.15) is 78.1 Å². The Bertz CT molecular complexity index is 147. The molecule has 0 fully saturated rings. The minimum absolute atomic E-state index is 0.139. The van der Waals surface area contributed by atoms with E-state index in [0.29, 0.717) is 0 Å². The third-order valence-electron chi connectivity index (χ3n) is 2.69. The van der Waals surface area contributed by atoms with Crippen LogP contribution in [-0.4, -0.2) is 29.2 Å².